The van der Waals surface area contributed by atoms with Crippen LogP contribution < -0.4 is 5.32 Å². The maximum Gasteiger partial charge on any atom is 0.252 e. The van der Waals surface area contributed by atoms with Crippen molar-refractivity contribution in [1.29, 1.82) is 0 Å². The molecule has 176 valence electrons. The summed E-state index contributed by atoms with van der Waals surface area (Å²) in [6, 6.07) is 39.2. The number of rotatable bonds is 5. The molecule has 2 heterocycles. The normalized spacial score (nSPS) is 15.2. The third-order valence-electron chi connectivity index (χ3n) is 7.25. The highest BCUT2D eigenvalue weighted by atomic mass is 16.1. The molecule has 1 N–H and O–H groups in total. The van der Waals surface area contributed by atoms with Crippen molar-refractivity contribution in [3.05, 3.63) is 161 Å². The molecule has 1 amide bonds. The molecule has 4 heteroatoms. The van der Waals surface area contributed by atoms with Gasteiger partial charge in [0.25, 0.3) is 5.91 Å². The average molecular weight is 470 g/mol. The molecular weight excluding hydrogens is 442 g/mol. The lowest BCUT2D eigenvalue weighted by Gasteiger charge is -2.36. The standard InChI is InChI=1S/C32H27N3O/c1-23-12-11-19-27-28(23)22-30(33-31(27)36)29-20-21-35(34-29)32(24-13-5-2-6-14-24,25-15-7-3-8-16-25)26-17-9-4-10-18-26/h2-21,30H,22H2,1H3,(H,33,36). The van der Waals surface area contributed by atoms with E-state index < -0.39 is 5.54 Å². The molecule has 1 aliphatic rings. The molecule has 0 bridgehead atoms. The fourth-order valence-corrected chi connectivity index (χ4v) is 5.50. The minimum Gasteiger partial charge on any atom is -0.343 e. The molecule has 0 saturated heterocycles. The monoisotopic (exact) mass is 469 g/mol. The lowest BCUT2D eigenvalue weighted by atomic mass is 9.77. The van der Waals surface area contributed by atoms with Gasteiger partial charge in [0.1, 0.15) is 5.54 Å². The molecule has 1 unspecified atom stereocenters. The van der Waals surface area contributed by atoms with Crippen LogP contribution in [0, 0.1) is 6.92 Å². The quantitative estimate of drug-likeness (QED) is 0.318. The third-order valence-corrected chi connectivity index (χ3v) is 7.25. The van der Waals surface area contributed by atoms with Crippen LogP contribution in [0.15, 0.2) is 121 Å². The highest BCUT2D eigenvalue weighted by Crippen LogP contribution is 2.41. The first kappa shape index (κ1) is 22.1. The number of hydrogen-bond donors (Lipinski definition) is 1. The second kappa shape index (κ2) is 8.97. The molecule has 0 saturated carbocycles. The number of aryl methyl sites for hydroxylation is 1. The Bertz CT molecular complexity index is 1410. The van der Waals surface area contributed by atoms with Crippen LogP contribution in [0.2, 0.25) is 0 Å². The Hall–Kier alpha value is -4.44. The number of hydrogen-bond acceptors (Lipinski definition) is 2. The first-order chi connectivity index (χ1) is 17.7. The molecule has 4 aromatic carbocycles. The minimum atomic E-state index is -0.672. The number of amides is 1. The van der Waals surface area contributed by atoms with Crippen molar-refractivity contribution in [3.8, 4) is 0 Å². The van der Waals surface area contributed by atoms with Gasteiger partial charge in [0.15, 0.2) is 0 Å². The van der Waals surface area contributed by atoms with Gasteiger partial charge in [-0.25, -0.2) is 0 Å². The van der Waals surface area contributed by atoms with Gasteiger partial charge in [-0.3, -0.25) is 9.48 Å². The van der Waals surface area contributed by atoms with E-state index in [-0.39, 0.29) is 11.9 Å². The SMILES string of the molecule is Cc1cccc2c1CC(c1ccn(C(c3ccccc3)(c3ccccc3)c3ccccc3)n1)NC2=O. The van der Waals surface area contributed by atoms with E-state index in [2.05, 4.69) is 95.8 Å². The van der Waals surface area contributed by atoms with Crippen molar-refractivity contribution in [1.82, 2.24) is 15.1 Å². The van der Waals surface area contributed by atoms with Gasteiger partial charge >= 0.3 is 0 Å². The third kappa shape index (κ3) is 3.54. The fourth-order valence-electron chi connectivity index (χ4n) is 5.50. The fraction of sp³-hybridized carbons (Fsp3) is 0.125. The summed E-state index contributed by atoms with van der Waals surface area (Å²) in [5.41, 5.74) is 6.53. The van der Waals surface area contributed by atoms with Gasteiger partial charge in [-0.05, 0) is 53.3 Å². The van der Waals surface area contributed by atoms with Crippen LogP contribution in [0.5, 0.6) is 0 Å². The summed E-state index contributed by atoms with van der Waals surface area (Å²) in [6.07, 6.45) is 2.77. The van der Waals surface area contributed by atoms with E-state index >= 15 is 0 Å². The van der Waals surface area contributed by atoms with Gasteiger partial charge in [-0.1, -0.05) is 103 Å². The maximum absolute atomic E-state index is 12.9. The van der Waals surface area contributed by atoms with Gasteiger partial charge in [0, 0.05) is 11.8 Å². The zero-order valence-corrected chi connectivity index (χ0v) is 20.1. The molecule has 0 spiro atoms. The number of carbonyl (C=O) groups excluding carboxylic acids is 1. The number of nitrogens with zero attached hydrogens (tertiary/aromatic N) is 2. The van der Waals surface area contributed by atoms with Gasteiger partial charge < -0.3 is 5.32 Å². The van der Waals surface area contributed by atoms with Gasteiger partial charge in [-0.2, -0.15) is 5.10 Å². The van der Waals surface area contributed by atoms with Crippen molar-refractivity contribution in [2.75, 3.05) is 0 Å². The van der Waals surface area contributed by atoms with Crippen LogP contribution in [0.4, 0.5) is 0 Å². The minimum absolute atomic E-state index is 0.0417. The number of aromatic nitrogens is 2. The van der Waals surface area contributed by atoms with E-state index in [9.17, 15) is 4.79 Å². The van der Waals surface area contributed by atoms with Crippen LogP contribution in [0.3, 0.4) is 0 Å². The summed E-state index contributed by atoms with van der Waals surface area (Å²) in [4.78, 5) is 12.9. The van der Waals surface area contributed by atoms with E-state index in [4.69, 9.17) is 5.10 Å². The molecule has 1 aliphatic heterocycles. The van der Waals surface area contributed by atoms with Gasteiger partial charge in [0.05, 0.1) is 11.7 Å². The molecule has 5 aromatic rings. The number of nitrogens with one attached hydrogen (secondary N) is 1. The Kier molecular flexibility index (Phi) is 5.49. The molecular formula is C32H27N3O. The Morgan fingerprint density at radius 1 is 0.750 bits per heavy atom. The first-order valence-electron chi connectivity index (χ1n) is 12.3. The Labute approximate surface area is 211 Å². The van der Waals surface area contributed by atoms with Crippen LogP contribution in [-0.4, -0.2) is 15.7 Å². The summed E-state index contributed by atoms with van der Waals surface area (Å²) in [6.45, 7) is 2.07. The van der Waals surface area contributed by atoms with Crippen molar-refractivity contribution >= 4 is 5.91 Å². The van der Waals surface area contributed by atoms with E-state index in [1.807, 2.05) is 42.6 Å². The summed E-state index contributed by atoms with van der Waals surface area (Å²) in [7, 11) is 0. The maximum atomic E-state index is 12.9. The van der Waals surface area contributed by atoms with E-state index in [1.165, 1.54) is 0 Å². The molecule has 1 aromatic heterocycles. The van der Waals surface area contributed by atoms with Gasteiger partial charge in [-0.15, -0.1) is 0 Å². The highest BCUT2D eigenvalue weighted by molar-refractivity contribution is 5.97. The number of carbonyl (C=O) groups is 1. The molecule has 6 rings (SSSR count). The molecule has 0 radical (unpaired) electrons. The molecule has 4 nitrogen and oxygen atoms in total. The van der Waals surface area contributed by atoms with E-state index in [0.29, 0.717) is 0 Å². The summed E-state index contributed by atoms with van der Waals surface area (Å²) in [5.74, 6) is -0.0417. The van der Waals surface area contributed by atoms with Gasteiger partial charge in [0.2, 0.25) is 0 Å². The van der Waals surface area contributed by atoms with Crippen molar-refractivity contribution < 1.29 is 4.79 Å². The Morgan fingerprint density at radius 3 is 1.86 bits per heavy atom. The lowest BCUT2D eigenvalue weighted by molar-refractivity contribution is 0.0923. The first-order valence-corrected chi connectivity index (χ1v) is 12.3. The molecule has 0 fully saturated rings. The molecule has 0 aliphatic carbocycles. The van der Waals surface area contributed by atoms with Crippen LogP contribution in [-0.2, 0) is 12.0 Å². The lowest BCUT2D eigenvalue weighted by Crippen LogP contribution is -2.39. The second-order valence-electron chi connectivity index (χ2n) is 9.32. The van der Waals surface area contributed by atoms with Crippen LogP contribution >= 0.6 is 0 Å². The summed E-state index contributed by atoms with van der Waals surface area (Å²) in [5, 5.41) is 8.36. The highest BCUT2D eigenvalue weighted by Gasteiger charge is 2.40. The second-order valence-corrected chi connectivity index (χ2v) is 9.32. The van der Waals surface area contributed by atoms with Crippen LogP contribution in [0.25, 0.3) is 0 Å². The van der Waals surface area contributed by atoms with E-state index in [0.717, 1.165) is 45.5 Å². The smallest absolute Gasteiger partial charge is 0.252 e. The average Bonchev–Trinajstić information content (AvgIpc) is 3.42. The summed E-state index contributed by atoms with van der Waals surface area (Å²) >= 11 is 0. The Balaban J connectivity index is 1.53. The topological polar surface area (TPSA) is 46.9 Å². The Morgan fingerprint density at radius 2 is 1.31 bits per heavy atom. The number of benzene rings is 4. The van der Waals surface area contributed by atoms with Crippen molar-refractivity contribution in [2.24, 2.45) is 0 Å². The molecule has 36 heavy (non-hydrogen) atoms. The largest absolute Gasteiger partial charge is 0.343 e. The predicted octanol–water partition coefficient (Wildman–Crippen LogP) is 6.06. The van der Waals surface area contributed by atoms with E-state index in [1.54, 1.807) is 0 Å². The zero-order valence-electron chi connectivity index (χ0n) is 20.1. The summed E-state index contributed by atoms with van der Waals surface area (Å²) < 4.78 is 2.06. The van der Waals surface area contributed by atoms with Crippen molar-refractivity contribution in [2.45, 2.75) is 24.9 Å². The van der Waals surface area contributed by atoms with Crippen molar-refractivity contribution in [3.63, 3.8) is 0 Å². The predicted molar refractivity (Wildman–Crippen MR) is 142 cm³/mol. The number of fused-ring (bicyclic) bond motifs is 1. The van der Waals surface area contributed by atoms with Crippen LogP contribution in [0.1, 0.15) is 49.9 Å². The zero-order chi connectivity index (χ0) is 24.5. The molecule has 1 atom stereocenters.